The maximum Gasteiger partial charge on any atom is 0.201 e. The Bertz CT molecular complexity index is 714. The van der Waals surface area contributed by atoms with Crippen LogP contribution in [0.25, 0.3) is 0 Å². The van der Waals surface area contributed by atoms with E-state index in [1.807, 2.05) is 30.3 Å². The topological polar surface area (TPSA) is 26.3 Å². The van der Waals surface area contributed by atoms with Gasteiger partial charge in [0.2, 0.25) is 5.82 Å². The molecule has 0 amide bonds. The van der Waals surface area contributed by atoms with E-state index in [0.29, 0.717) is 6.42 Å². The molecule has 2 aromatic rings. The summed E-state index contributed by atoms with van der Waals surface area (Å²) in [6.07, 6.45) is 7.80. The Morgan fingerprint density at radius 3 is 2.22 bits per heavy atom. The Morgan fingerprint density at radius 2 is 1.52 bits per heavy atom. The van der Waals surface area contributed by atoms with Crippen LogP contribution in [0.15, 0.2) is 42.5 Å². The maximum atomic E-state index is 14.3. The summed E-state index contributed by atoms with van der Waals surface area (Å²) in [6, 6.07) is 11.9. The van der Waals surface area contributed by atoms with Gasteiger partial charge in [-0.25, -0.2) is 4.39 Å². The average molecular weight is 374 g/mol. The van der Waals surface area contributed by atoms with Crippen LogP contribution in [0.5, 0.6) is 5.75 Å². The van der Waals surface area contributed by atoms with Gasteiger partial charge in [-0.2, -0.15) is 4.39 Å². The molecule has 0 radical (unpaired) electrons. The van der Waals surface area contributed by atoms with Crippen LogP contribution < -0.4 is 4.74 Å². The number of carbonyl (C=O) groups excluding carboxylic acids is 1. The monoisotopic (exact) mass is 374 g/mol. The number of hydrogen-bond donors (Lipinski definition) is 0. The molecule has 0 N–H and O–H groups in total. The molecule has 146 valence electrons. The number of carbonyl (C=O) groups is 1. The first-order valence-electron chi connectivity index (χ1n) is 9.81. The molecule has 0 fully saturated rings. The number of halogens is 2. The number of ether oxygens (including phenoxy) is 1. The lowest BCUT2D eigenvalue weighted by molar-refractivity contribution is 0.0974. The van der Waals surface area contributed by atoms with Crippen molar-refractivity contribution in [2.45, 2.75) is 64.9 Å². The van der Waals surface area contributed by atoms with Gasteiger partial charge in [0.15, 0.2) is 17.3 Å². The number of benzene rings is 2. The Morgan fingerprint density at radius 1 is 0.852 bits per heavy atom. The zero-order chi connectivity index (χ0) is 19.5. The second kappa shape index (κ2) is 11.5. The molecule has 0 spiro atoms. The smallest absolute Gasteiger partial charge is 0.201 e. The zero-order valence-electron chi connectivity index (χ0n) is 16.0. The number of Topliss-reactive ketones (excluding diaryl/α,β-unsaturated/α-hetero) is 1. The highest BCUT2D eigenvalue weighted by Gasteiger charge is 2.19. The molecule has 0 heterocycles. The first-order chi connectivity index (χ1) is 13.1. The minimum Gasteiger partial charge on any atom is -0.486 e. The van der Waals surface area contributed by atoms with Crippen molar-refractivity contribution in [3.05, 3.63) is 65.2 Å². The van der Waals surface area contributed by atoms with Crippen LogP contribution in [0, 0.1) is 11.6 Å². The molecule has 4 heteroatoms. The van der Waals surface area contributed by atoms with E-state index in [-0.39, 0.29) is 30.1 Å². The lowest BCUT2D eigenvalue weighted by atomic mass is 10.0. The molecule has 0 unspecified atom stereocenters. The molecule has 2 rings (SSSR count). The number of rotatable bonds is 12. The van der Waals surface area contributed by atoms with Gasteiger partial charge >= 0.3 is 0 Å². The average Bonchev–Trinajstić information content (AvgIpc) is 2.69. The summed E-state index contributed by atoms with van der Waals surface area (Å²) in [5.41, 5.74) is 0.668. The van der Waals surface area contributed by atoms with Crippen molar-refractivity contribution in [3.8, 4) is 5.75 Å². The van der Waals surface area contributed by atoms with Crippen molar-refractivity contribution in [3.63, 3.8) is 0 Å². The van der Waals surface area contributed by atoms with E-state index < -0.39 is 11.6 Å². The van der Waals surface area contributed by atoms with Crippen molar-refractivity contribution in [1.82, 2.24) is 0 Å². The van der Waals surface area contributed by atoms with Crippen LogP contribution in [0.1, 0.15) is 74.2 Å². The minimum absolute atomic E-state index is 0.141. The highest BCUT2D eigenvalue weighted by atomic mass is 19.2. The van der Waals surface area contributed by atoms with Crippen molar-refractivity contribution in [2.75, 3.05) is 0 Å². The van der Waals surface area contributed by atoms with Crippen molar-refractivity contribution in [2.24, 2.45) is 0 Å². The lowest BCUT2D eigenvalue weighted by Crippen LogP contribution is -2.06. The van der Waals surface area contributed by atoms with Crippen LogP contribution in [0.3, 0.4) is 0 Å². The third-order valence-corrected chi connectivity index (χ3v) is 4.59. The summed E-state index contributed by atoms with van der Waals surface area (Å²) >= 11 is 0. The molecule has 0 saturated heterocycles. The van der Waals surface area contributed by atoms with Gasteiger partial charge in [-0.3, -0.25) is 4.79 Å². The maximum absolute atomic E-state index is 14.3. The van der Waals surface area contributed by atoms with Crippen molar-refractivity contribution in [1.29, 1.82) is 0 Å². The molecule has 2 aromatic carbocycles. The SMILES string of the molecule is CCCCCCCCCC(=O)c1ccc(OCc2ccccc2)c(F)c1F. The Hall–Kier alpha value is -2.23. The van der Waals surface area contributed by atoms with Crippen LogP contribution >= 0.6 is 0 Å². The fourth-order valence-electron chi connectivity index (χ4n) is 2.97. The summed E-state index contributed by atoms with van der Waals surface area (Å²) in [5, 5.41) is 0. The van der Waals surface area contributed by atoms with Gasteiger partial charge in [0.25, 0.3) is 0 Å². The first kappa shape index (κ1) is 21.1. The standard InChI is InChI=1S/C23H28F2O2/c1-2-3-4-5-6-7-11-14-20(26)19-15-16-21(23(25)22(19)24)27-17-18-12-9-8-10-13-18/h8-10,12-13,15-16H,2-7,11,14,17H2,1H3. The van der Waals surface area contributed by atoms with Gasteiger partial charge < -0.3 is 4.74 Å². The molecule has 27 heavy (non-hydrogen) atoms. The molecule has 0 aliphatic rings. The summed E-state index contributed by atoms with van der Waals surface area (Å²) in [5.74, 6) is -2.75. The predicted octanol–water partition coefficient (Wildman–Crippen LogP) is 6.87. The Labute approximate surface area is 160 Å². The minimum atomic E-state index is -1.12. The van der Waals surface area contributed by atoms with Gasteiger partial charge in [-0.15, -0.1) is 0 Å². The summed E-state index contributed by atoms with van der Waals surface area (Å²) < 4.78 is 33.9. The first-order valence-corrected chi connectivity index (χ1v) is 9.81. The van der Waals surface area contributed by atoms with Crippen LogP contribution in [0.2, 0.25) is 0 Å². The van der Waals surface area contributed by atoms with E-state index in [9.17, 15) is 13.6 Å². The fourth-order valence-corrected chi connectivity index (χ4v) is 2.97. The molecule has 0 atom stereocenters. The summed E-state index contributed by atoms with van der Waals surface area (Å²) in [4.78, 5) is 12.2. The van der Waals surface area contributed by atoms with E-state index in [1.54, 1.807) is 0 Å². The van der Waals surface area contributed by atoms with E-state index >= 15 is 0 Å². The van der Waals surface area contributed by atoms with E-state index in [4.69, 9.17) is 4.74 Å². The molecule has 2 nitrogen and oxygen atoms in total. The normalized spacial score (nSPS) is 10.8. The largest absolute Gasteiger partial charge is 0.486 e. The van der Waals surface area contributed by atoms with Crippen LogP contribution in [-0.4, -0.2) is 5.78 Å². The second-order valence-electron chi connectivity index (χ2n) is 6.81. The Kier molecular flexibility index (Phi) is 8.96. The highest BCUT2D eigenvalue weighted by molar-refractivity contribution is 5.96. The third kappa shape index (κ3) is 6.78. The lowest BCUT2D eigenvalue weighted by Gasteiger charge is -2.10. The summed E-state index contributed by atoms with van der Waals surface area (Å²) in [6.45, 7) is 2.31. The second-order valence-corrected chi connectivity index (χ2v) is 6.81. The van der Waals surface area contributed by atoms with Gasteiger partial charge in [0.05, 0.1) is 5.56 Å². The number of hydrogen-bond acceptors (Lipinski definition) is 2. The molecule has 0 aliphatic heterocycles. The number of ketones is 1. The van der Waals surface area contributed by atoms with Gasteiger partial charge in [-0.1, -0.05) is 75.8 Å². The summed E-state index contributed by atoms with van der Waals surface area (Å²) in [7, 11) is 0. The Balaban J connectivity index is 1.85. The van der Waals surface area contributed by atoms with E-state index in [2.05, 4.69) is 6.92 Å². The van der Waals surface area contributed by atoms with Crippen LogP contribution in [0.4, 0.5) is 8.78 Å². The number of unbranched alkanes of at least 4 members (excludes halogenated alkanes) is 6. The quantitative estimate of drug-likeness (QED) is 0.299. The van der Waals surface area contributed by atoms with Gasteiger partial charge in [0, 0.05) is 6.42 Å². The zero-order valence-corrected chi connectivity index (χ0v) is 16.0. The van der Waals surface area contributed by atoms with Crippen LogP contribution in [-0.2, 0) is 6.61 Å². The molecular weight excluding hydrogens is 346 g/mol. The fraction of sp³-hybridized carbons (Fsp3) is 0.435. The van der Waals surface area contributed by atoms with Gasteiger partial charge in [0.1, 0.15) is 6.61 Å². The van der Waals surface area contributed by atoms with E-state index in [1.165, 1.54) is 37.8 Å². The molecular formula is C23H28F2O2. The third-order valence-electron chi connectivity index (χ3n) is 4.59. The van der Waals surface area contributed by atoms with E-state index in [0.717, 1.165) is 18.4 Å². The predicted molar refractivity (Wildman–Crippen MR) is 104 cm³/mol. The molecule has 0 bridgehead atoms. The molecule has 0 aromatic heterocycles. The van der Waals surface area contributed by atoms with Gasteiger partial charge in [-0.05, 0) is 24.1 Å². The molecule has 0 saturated carbocycles. The molecule has 0 aliphatic carbocycles. The van der Waals surface area contributed by atoms with Crippen molar-refractivity contribution < 1.29 is 18.3 Å². The highest BCUT2D eigenvalue weighted by Crippen LogP contribution is 2.25. The van der Waals surface area contributed by atoms with Crippen molar-refractivity contribution >= 4 is 5.78 Å².